The predicted octanol–water partition coefficient (Wildman–Crippen LogP) is 5.14. The van der Waals surface area contributed by atoms with Gasteiger partial charge >= 0.3 is 0 Å². The molecule has 0 radical (unpaired) electrons. The molecule has 1 aliphatic rings. The highest BCUT2D eigenvalue weighted by Gasteiger charge is 2.26. The van der Waals surface area contributed by atoms with Crippen LogP contribution in [0.1, 0.15) is 0 Å². The zero-order valence-electron chi connectivity index (χ0n) is 11.0. The number of rotatable bonds is 2. The Balaban J connectivity index is 1.97. The van der Waals surface area contributed by atoms with E-state index in [1.54, 1.807) is 22.7 Å². The monoisotopic (exact) mass is 341 g/mol. The smallest absolute Gasteiger partial charge is 0.124 e. The number of nitrogens with one attached hydrogen (secondary N) is 1. The minimum Gasteiger partial charge on any atom is -0.197 e. The lowest BCUT2D eigenvalue weighted by Gasteiger charge is -2.09. The molecule has 106 valence electrons. The third-order valence-electron chi connectivity index (χ3n) is 3.52. The molecule has 22 heavy (non-hydrogen) atoms. The number of thiophene rings is 2. The van der Waals surface area contributed by atoms with Gasteiger partial charge in [0, 0.05) is 9.75 Å². The van der Waals surface area contributed by atoms with Gasteiger partial charge in [-0.15, -0.1) is 22.7 Å². The summed E-state index contributed by atoms with van der Waals surface area (Å²) in [5, 5.41) is 15.6. The van der Waals surface area contributed by atoms with E-state index in [-0.39, 0.29) is 0 Å². The van der Waals surface area contributed by atoms with Gasteiger partial charge in [0.1, 0.15) is 22.4 Å². The quantitative estimate of drug-likeness (QED) is 0.483. The van der Waals surface area contributed by atoms with Crippen molar-refractivity contribution < 1.29 is 0 Å². The van der Waals surface area contributed by atoms with Crippen LogP contribution < -0.4 is 0 Å². The average molecular weight is 341 g/mol. The van der Waals surface area contributed by atoms with Gasteiger partial charge in [-0.3, -0.25) is 0 Å². The van der Waals surface area contributed by atoms with Gasteiger partial charge in [-0.2, -0.15) is 24.1 Å². The molecule has 1 aliphatic heterocycles. The third-order valence-corrected chi connectivity index (χ3v) is 5.82. The average Bonchev–Trinajstić information content (AvgIpc) is 3.29. The van der Waals surface area contributed by atoms with E-state index >= 15 is 0 Å². The Hall–Kier alpha value is -2.16. The number of fused-ring (bicyclic) bond motifs is 2. The Morgan fingerprint density at radius 3 is 1.77 bits per heavy atom. The molecule has 4 aromatic rings. The summed E-state index contributed by atoms with van der Waals surface area (Å²) < 4.78 is 9.07. The predicted molar refractivity (Wildman–Crippen MR) is 92.1 cm³/mol. The zero-order chi connectivity index (χ0) is 14.5. The van der Waals surface area contributed by atoms with Crippen molar-refractivity contribution >= 4 is 56.4 Å². The van der Waals surface area contributed by atoms with E-state index in [4.69, 9.17) is 0 Å². The van der Waals surface area contributed by atoms with Crippen LogP contribution in [-0.2, 0) is 11.4 Å². The Bertz CT molecular complexity index is 974. The van der Waals surface area contributed by atoms with Gasteiger partial charge in [-0.1, -0.05) is 12.1 Å². The molecule has 0 amide bonds. The standard InChI is InChI=1S/C14H7N5S3/c1-3-7(20-5-1)9-11-12(16-19-15-11)10(8-4-2-6-21-8)14-13(9)17-22-18-14/h1-6H,(H,15,16,19). The van der Waals surface area contributed by atoms with E-state index in [0.29, 0.717) is 0 Å². The van der Waals surface area contributed by atoms with Gasteiger partial charge in [0.25, 0.3) is 0 Å². The van der Waals surface area contributed by atoms with Crippen LogP contribution in [0.25, 0.3) is 31.9 Å². The van der Waals surface area contributed by atoms with Crippen molar-refractivity contribution in [1.29, 1.82) is 0 Å². The number of aromatic nitrogens is 3. The third kappa shape index (κ3) is 1.62. The minimum absolute atomic E-state index is 0.853. The highest BCUT2D eigenvalue weighted by atomic mass is 32.1. The Kier molecular flexibility index (Phi) is 2.63. The number of nitrogens with zero attached hydrogens (tertiary/aromatic N) is 4. The van der Waals surface area contributed by atoms with Crippen molar-refractivity contribution in [3.63, 3.8) is 0 Å². The maximum absolute atomic E-state index is 4.54. The van der Waals surface area contributed by atoms with Gasteiger partial charge in [-0.05, 0) is 22.9 Å². The summed E-state index contributed by atoms with van der Waals surface area (Å²) in [6.07, 6.45) is 0. The largest absolute Gasteiger partial charge is 0.197 e. The summed E-state index contributed by atoms with van der Waals surface area (Å²) >= 11 is 4.58. The van der Waals surface area contributed by atoms with E-state index in [1.165, 1.54) is 11.4 Å². The lowest BCUT2D eigenvalue weighted by molar-refractivity contribution is 0.960. The summed E-state index contributed by atoms with van der Waals surface area (Å²) in [6, 6.07) is 8.23. The van der Waals surface area contributed by atoms with Crippen LogP contribution in [0.4, 0.5) is 11.4 Å². The number of H-pyrrole nitrogens is 1. The van der Waals surface area contributed by atoms with Crippen molar-refractivity contribution in [2.24, 2.45) is 8.73 Å². The first-order chi connectivity index (χ1) is 10.9. The fourth-order valence-electron chi connectivity index (χ4n) is 2.63. The highest BCUT2D eigenvalue weighted by Crippen LogP contribution is 2.52. The molecular weight excluding hydrogens is 334 g/mol. The maximum Gasteiger partial charge on any atom is 0.124 e. The zero-order valence-corrected chi connectivity index (χ0v) is 13.4. The van der Waals surface area contributed by atoms with E-state index in [9.17, 15) is 0 Å². The maximum atomic E-state index is 4.54. The molecule has 5 rings (SSSR count). The van der Waals surface area contributed by atoms with Crippen molar-refractivity contribution in [3.05, 3.63) is 35.0 Å². The SMILES string of the molecule is c1csc(-c2c3c(c(-c4cccs4)c4n[nH]nc24)N=S=N3)c1. The molecule has 5 nitrogen and oxygen atoms in total. The van der Waals surface area contributed by atoms with Crippen LogP contribution in [0, 0.1) is 0 Å². The molecule has 0 saturated heterocycles. The minimum atomic E-state index is 0.853. The van der Waals surface area contributed by atoms with Crippen LogP contribution in [0.2, 0.25) is 0 Å². The second-order valence-corrected chi connectivity index (χ2v) is 7.11. The summed E-state index contributed by atoms with van der Waals surface area (Å²) in [7, 11) is 0. The first-order valence-corrected chi connectivity index (χ1v) is 8.99. The molecule has 0 bridgehead atoms. The molecule has 1 aromatic carbocycles. The first kappa shape index (κ1) is 12.4. The van der Waals surface area contributed by atoms with Gasteiger partial charge in [0.2, 0.25) is 0 Å². The van der Waals surface area contributed by atoms with Crippen LogP contribution in [-0.4, -0.2) is 15.4 Å². The molecule has 1 N–H and O–H groups in total. The van der Waals surface area contributed by atoms with Gasteiger partial charge < -0.3 is 0 Å². The Morgan fingerprint density at radius 2 is 1.32 bits per heavy atom. The van der Waals surface area contributed by atoms with Crippen LogP contribution in [0.5, 0.6) is 0 Å². The molecule has 8 heteroatoms. The first-order valence-electron chi connectivity index (χ1n) is 6.50. The Labute approximate surface area is 136 Å². The molecule has 0 unspecified atom stereocenters. The molecule has 0 aliphatic carbocycles. The van der Waals surface area contributed by atoms with Gasteiger partial charge in [-0.25, -0.2) is 0 Å². The summed E-state index contributed by atoms with van der Waals surface area (Å²) in [5.74, 6) is 0. The molecule has 0 saturated carbocycles. The molecule has 3 aromatic heterocycles. The molecule has 4 heterocycles. The number of hydrogen-bond acceptors (Lipinski definition) is 6. The number of hydrogen-bond donors (Lipinski definition) is 1. The fourth-order valence-corrected chi connectivity index (χ4v) is 4.73. The number of benzene rings is 1. The van der Waals surface area contributed by atoms with E-state index in [2.05, 4.69) is 47.0 Å². The Morgan fingerprint density at radius 1 is 0.773 bits per heavy atom. The fraction of sp³-hybridized carbons (Fsp3) is 0. The van der Waals surface area contributed by atoms with E-state index < -0.39 is 0 Å². The summed E-state index contributed by atoms with van der Waals surface area (Å²) in [5.41, 5.74) is 5.54. The van der Waals surface area contributed by atoms with Gasteiger partial charge in [0.05, 0.1) is 22.5 Å². The van der Waals surface area contributed by atoms with Crippen LogP contribution in [0.15, 0.2) is 43.8 Å². The molecule has 0 fully saturated rings. The van der Waals surface area contributed by atoms with Crippen LogP contribution in [0.3, 0.4) is 0 Å². The highest BCUT2D eigenvalue weighted by molar-refractivity contribution is 7.58. The number of aromatic amines is 1. The van der Waals surface area contributed by atoms with Crippen molar-refractivity contribution in [2.45, 2.75) is 0 Å². The van der Waals surface area contributed by atoms with Crippen LogP contribution >= 0.6 is 22.7 Å². The van der Waals surface area contributed by atoms with Crippen molar-refractivity contribution in [2.75, 3.05) is 0 Å². The van der Waals surface area contributed by atoms with E-state index in [0.717, 1.165) is 43.3 Å². The lowest BCUT2D eigenvalue weighted by atomic mass is 10.0. The normalized spacial score (nSPS) is 12.7. The molecular formula is C14H7N5S3. The summed E-state index contributed by atoms with van der Waals surface area (Å²) in [6.45, 7) is 0. The lowest BCUT2D eigenvalue weighted by Crippen LogP contribution is -1.84. The molecule has 0 atom stereocenters. The van der Waals surface area contributed by atoms with Crippen molar-refractivity contribution in [3.8, 4) is 20.9 Å². The second kappa shape index (κ2) is 4.67. The van der Waals surface area contributed by atoms with Gasteiger partial charge in [0.15, 0.2) is 0 Å². The van der Waals surface area contributed by atoms with Crippen molar-refractivity contribution in [1.82, 2.24) is 15.4 Å². The van der Waals surface area contributed by atoms with E-state index in [1.807, 2.05) is 12.1 Å². The second-order valence-electron chi connectivity index (χ2n) is 4.69. The topological polar surface area (TPSA) is 66.3 Å². The molecule has 0 spiro atoms. The summed E-state index contributed by atoms with van der Waals surface area (Å²) in [4.78, 5) is 2.27.